The highest BCUT2D eigenvalue weighted by molar-refractivity contribution is 4.76. The van der Waals surface area contributed by atoms with E-state index in [0.717, 1.165) is 12.8 Å². The second kappa shape index (κ2) is 14.0. The zero-order chi connectivity index (χ0) is 20.2. The van der Waals surface area contributed by atoms with Crippen molar-refractivity contribution in [2.45, 2.75) is 138 Å². The molecule has 0 bridgehead atoms. The van der Waals surface area contributed by atoms with Crippen molar-refractivity contribution in [2.24, 2.45) is 11.8 Å². The summed E-state index contributed by atoms with van der Waals surface area (Å²) in [5, 5.41) is 0. The largest absolute Gasteiger partial charge is 0.324 e. The lowest BCUT2D eigenvalue weighted by Gasteiger charge is -2.43. The van der Waals surface area contributed by atoms with Gasteiger partial charge in [-0.3, -0.25) is 0 Å². The van der Waals surface area contributed by atoms with E-state index in [-0.39, 0.29) is 24.2 Å². The van der Waals surface area contributed by atoms with Gasteiger partial charge in [0.1, 0.15) is 0 Å². The minimum Gasteiger partial charge on any atom is -0.324 e. The van der Waals surface area contributed by atoms with Gasteiger partial charge >= 0.3 is 0 Å². The summed E-state index contributed by atoms with van der Waals surface area (Å²) in [5.74, 6) is -0.105. The normalized spacial score (nSPS) is 14.2. The molecule has 0 spiro atoms. The Balaban J connectivity index is 5.26. The van der Waals surface area contributed by atoms with Gasteiger partial charge in [0, 0.05) is 5.92 Å². The van der Waals surface area contributed by atoms with E-state index in [1.54, 1.807) is 0 Å². The molecule has 1 unspecified atom stereocenters. The number of unbranched alkanes of at least 4 members (excludes halogenated alkanes) is 5. The Hall–Kier alpha value is -0.120. The number of rotatable bonds is 16. The van der Waals surface area contributed by atoms with Gasteiger partial charge < -0.3 is 14.2 Å². The van der Waals surface area contributed by atoms with Gasteiger partial charge in [-0.1, -0.05) is 59.3 Å². The van der Waals surface area contributed by atoms with Crippen molar-refractivity contribution in [3.8, 4) is 0 Å². The Morgan fingerprint density at radius 1 is 0.615 bits per heavy atom. The molecule has 0 fully saturated rings. The van der Waals surface area contributed by atoms with Crippen molar-refractivity contribution in [3.05, 3.63) is 0 Å². The van der Waals surface area contributed by atoms with Crippen LogP contribution < -0.4 is 0 Å². The van der Waals surface area contributed by atoms with Crippen LogP contribution in [-0.4, -0.2) is 24.3 Å². The van der Waals surface area contributed by atoms with Crippen molar-refractivity contribution in [2.75, 3.05) is 0 Å². The number of hydrogen-bond donors (Lipinski definition) is 0. The molecular weight excluding hydrogens is 324 g/mol. The first-order chi connectivity index (χ1) is 12.1. The van der Waals surface area contributed by atoms with Crippen LogP contribution in [-0.2, 0) is 14.2 Å². The Morgan fingerprint density at radius 3 is 1.42 bits per heavy atom. The summed E-state index contributed by atoms with van der Waals surface area (Å²) >= 11 is 0. The molecule has 0 aliphatic heterocycles. The first-order valence-corrected chi connectivity index (χ1v) is 11.2. The quantitative estimate of drug-likeness (QED) is 0.210. The Morgan fingerprint density at radius 2 is 1.04 bits per heavy atom. The van der Waals surface area contributed by atoms with E-state index in [1.807, 2.05) is 0 Å². The monoisotopic (exact) mass is 372 g/mol. The lowest BCUT2D eigenvalue weighted by molar-refractivity contribution is -0.433. The predicted molar refractivity (Wildman–Crippen MR) is 112 cm³/mol. The first-order valence-electron chi connectivity index (χ1n) is 11.2. The molecule has 0 aromatic rings. The Labute approximate surface area is 164 Å². The number of hydrogen-bond acceptors (Lipinski definition) is 3. The van der Waals surface area contributed by atoms with Gasteiger partial charge in [0.15, 0.2) is 0 Å². The average Bonchev–Trinajstić information content (AvgIpc) is 2.46. The van der Waals surface area contributed by atoms with Gasteiger partial charge in [-0.05, 0) is 60.3 Å². The minimum absolute atomic E-state index is 0.0618. The van der Waals surface area contributed by atoms with Crippen LogP contribution in [0.15, 0.2) is 0 Å². The van der Waals surface area contributed by atoms with Crippen molar-refractivity contribution in [1.82, 2.24) is 0 Å². The van der Waals surface area contributed by atoms with Crippen molar-refractivity contribution in [1.29, 1.82) is 0 Å². The second-order valence-electron chi connectivity index (χ2n) is 8.99. The molecule has 0 rings (SSSR count). The third-order valence-electron chi connectivity index (χ3n) is 4.36. The molecule has 0 saturated carbocycles. The van der Waals surface area contributed by atoms with Crippen LogP contribution in [0.1, 0.15) is 114 Å². The Kier molecular flexibility index (Phi) is 13.9. The highest BCUT2D eigenvalue weighted by Crippen LogP contribution is 2.37. The minimum atomic E-state index is -0.940. The lowest BCUT2D eigenvalue weighted by atomic mass is 9.89. The molecule has 0 N–H and O–H groups in total. The molecule has 3 nitrogen and oxygen atoms in total. The summed E-state index contributed by atoms with van der Waals surface area (Å²) in [5.41, 5.74) is 0. The second-order valence-corrected chi connectivity index (χ2v) is 8.99. The van der Waals surface area contributed by atoms with E-state index in [1.165, 1.54) is 38.5 Å². The van der Waals surface area contributed by atoms with Crippen LogP contribution >= 0.6 is 0 Å². The van der Waals surface area contributed by atoms with Crippen LogP contribution in [0.3, 0.4) is 0 Å². The van der Waals surface area contributed by atoms with E-state index < -0.39 is 5.97 Å². The molecule has 0 radical (unpaired) electrons. The molecule has 0 aliphatic carbocycles. The van der Waals surface area contributed by atoms with E-state index in [4.69, 9.17) is 14.2 Å². The highest BCUT2D eigenvalue weighted by Gasteiger charge is 2.45. The molecule has 3 heteroatoms. The molecule has 26 heavy (non-hydrogen) atoms. The molecule has 0 aromatic heterocycles. The van der Waals surface area contributed by atoms with Crippen LogP contribution in [0.4, 0.5) is 0 Å². The maximum atomic E-state index is 6.37. The SMILES string of the molecule is CCCCCCCCC(CC(C)C)C(OC(C)C)(OC(C)C)OC(C)C. The third kappa shape index (κ3) is 11.6. The smallest absolute Gasteiger partial charge is 0.286 e. The van der Waals surface area contributed by atoms with Crippen molar-refractivity contribution in [3.63, 3.8) is 0 Å². The fourth-order valence-electron chi connectivity index (χ4n) is 3.54. The van der Waals surface area contributed by atoms with E-state index in [9.17, 15) is 0 Å². The van der Waals surface area contributed by atoms with Gasteiger partial charge in [0.05, 0.1) is 18.3 Å². The fraction of sp³-hybridized carbons (Fsp3) is 1.00. The van der Waals surface area contributed by atoms with Crippen LogP contribution in [0, 0.1) is 11.8 Å². The van der Waals surface area contributed by atoms with Gasteiger partial charge in [-0.2, -0.15) is 0 Å². The maximum Gasteiger partial charge on any atom is 0.286 e. The van der Waals surface area contributed by atoms with Crippen LogP contribution in [0.25, 0.3) is 0 Å². The third-order valence-corrected chi connectivity index (χ3v) is 4.36. The molecule has 1 atom stereocenters. The molecule has 0 amide bonds. The first kappa shape index (κ1) is 25.9. The summed E-state index contributed by atoms with van der Waals surface area (Å²) in [6.07, 6.45) is 10.2. The summed E-state index contributed by atoms with van der Waals surface area (Å²) < 4.78 is 19.1. The molecule has 0 saturated heterocycles. The summed E-state index contributed by atoms with van der Waals surface area (Å²) in [4.78, 5) is 0. The summed E-state index contributed by atoms with van der Waals surface area (Å²) in [6, 6.07) is 0. The van der Waals surface area contributed by atoms with E-state index in [0.29, 0.717) is 5.92 Å². The fourth-order valence-corrected chi connectivity index (χ4v) is 3.54. The Bertz CT molecular complexity index is 297. The molecular formula is C23H48O3. The average molecular weight is 373 g/mol. The standard InChI is InChI=1S/C23H48O3/c1-10-11-12-13-14-15-16-22(17-18(2)3)23(24-19(4)5,25-20(6)7)26-21(8)9/h18-22H,10-17H2,1-9H3. The van der Waals surface area contributed by atoms with Crippen LogP contribution in [0.2, 0.25) is 0 Å². The van der Waals surface area contributed by atoms with Crippen molar-refractivity contribution >= 4 is 0 Å². The van der Waals surface area contributed by atoms with Crippen LogP contribution in [0.5, 0.6) is 0 Å². The number of ether oxygens (including phenoxy) is 3. The van der Waals surface area contributed by atoms with E-state index in [2.05, 4.69) is 62.3 Å². The summed E-state index contributed by atoms with van der Waals surface area (Å²) in [6.45, 7) is 19.2. The van der Waals surface area contributed by atoms with Gasteiger partial charge in [0.2, 0.25) is 0 Å². The van der Waals surface area contributed by atoms with E-state index >= 15 is 0 Å². The maximum absolute atomic E-state index is 6.37. The van der Waals surface area contributed by atoms with Gasteiger partial charge in [0.25, 0.3) is 5.97 Å². The highest BCUT2D eigenvalue weighted by atomic mass is 16.9. The van der Waals surface area contributed by atoms with Crippen molar-refractivity contribution < 1.29 is 14.2 Å². The zero-order valence-electron chi connectivity index (χ0n) is 19.3. The molecule has 0 aliphatic rings. The zero-order valence-corrected chi connectivity index (χ0v) is 19.3. The van der Waals surface area contributed by atoms with Gasteiger partial charge in [-0.25, -0.2) is 0 Å². The predicted octanol–water partition coefficient (Wildman–Crippen LogP) is 7.33. The van der Waals surface area contributed by atoms with Gasteiger partial charge in [-0.15, -0.1) is 0 Å². The molecule has 0 aromatic carbocycles. The topological polar surface area (TPSA) is 27.7 Å². The lowest BCUT2D eigenvalue weighted by Crippen LogP contribution is -2.51. The molecule has 158 valence electrons. The molecule has 0 heterocycles. The summed E-state index contributed by atoms with van der Waals surface area (Å²) in [7, 11) is 0.